The van der Waals surface area contributed by atoms with Crippen molar-refractivity contribution in [2.75, 3.05) is 37.4 Å². The number of rotatable bonds is 6. The van der Waals surface area contributed by atoms with Crippen LogP contribution in [-0.4, -0.2) is 38.8 Å². The highest BCUT2D eigenvalue weighted by Crippen LogP contribution is 2.20. The quantitative estimate of drug-likeness (QED) is 0.751. The van der Waals surface area contributed by atoms with Crippen molar-refractivity contribution >= 4 is 29.7 Å². The van der Waals surface area contributed by atoms with Gasteiger partial charge in [-0.1, -0.05) is 0 Å². The zero-order valence-corrected chi connectivity index (χ0v) is 12.8. The molecule has 1 saturated heterocycles. The Morgan fingerprint density at radius 2 is 2.29 bits per heavy atom. The molecule has 1 unspecified atom stereocenters. The third-order valence-electron chi connectivity index (χ3n) is 3.13. The number of hydrogen-bond donors (Lipinski definition) is 3. The Bertz CT molecular complexity index is 468. The molecule has 1 heterocycles. The second-order valence-electron chi connectivity index (χ2n) is 4.79. The second-order valence-corrected chi connectivity index (χ2v) is 4.79. The van der Waals surface area contributed by atoms with Crippen LogP contribution in [0.25, 0.3) is 0 Å². The van der Waals surface area contributed by atoms with E-state index >= 15 is 0 Å². The molecule has 0 bridgehead atoms. The van der Waals surface area contributed by atoms with Crippen LogP contribution in [-0.2, 0) is 9.53 Å². The fourth-order valence-electron chi connectivity index (χ4n) is 2.13. The van der Waals surface area contributed by atoms with Gasteiger partial charge in [0.1, 0.15) is 5.82 Å². The topological polar surface area (TPSA) is 62.4 Å². The van der Waals surface area contributed by atoms with Crippen LogP contribution in [0.5, 0.6) is 0 Å². The number of benzene rings is 1. The van der Waals surface area contributed by atoms with Gasteiger partial charge in [0.05, 0.1) is 18.3 Å². The number of amides is 1. The predicted octanol–water partition coefficient (Wildman–Crippen LogP) is 2.00. The molecule has 0 saturated carbocycles. The van der Waals surface area contributed by atoms with Crippen molar-refractivity contribution in [3.05, 3.63) is 24.0 Å². The largest absolute Gasteiger partial charge is 0.380 e. The molecule has 1 aromatic carbocycles. The van der Waals surface area contributed by atoms with Gasteiger partial charge in [0.2, 0.25) is 5.91 Å². The molecule has 7 heteroatoms. The van der Waals surface area contributed by atoms with Crippen molar-refractivity contribution in [1.29, 1.82) is 0 Å². The molecule has 1 aliphatic heterocycles. The molecule has 21 heavy (non-hydrogen) atoms. The summed E-state index contributed by atoms with van der Waals surface area (Å²) in [5.41, 5.74) is 0.873. The van der Waals surface area contributed by atoms with E-state index in [0.29, 0.717) is 17.9 Å². The molecule has 2 rings (SSSR count). The number of halogens is 2. The highest BCUT2D eigenvalue weighted by atomic mass is 35.5. The van der Waals surface area contributed by atoms with Crippen LogP contribution >= 0.6 is 12.4 Å². The Labute approximate surface area is 130 Å². The van der Waals surface area contributed by atoms with E-state index in [4.69, 9.17) is 4.74 Å². The Balaban J connectivity index is 0.00000220. The summed E-state index contributed by atoms with van der Waals surface area (Å²) >= 11 is 0. The first-order valence-corrected chi connectivity index (χ1v) is 6.78. The van der Waals surface area contributed by atoms with Gasteiger partial charge in [-0.3, -0.25) is 4.79 Å². The van der Waals surface area contributed by atoms with E-state index in [1.807, 2.05) is 0 Å². The van der Waals surface area contributed by atoms with Crippen LogP contribution in [0.15, 0.2) is 18.2 Å². The van der Waals surface area contributed by atoms with E-state index in [1.165, 1.54) is 6.07 Å². The van der Waals surface area contributed by atoms with Crippen LogP contribution in [0.2, 0.25) is 0 Å². The Hall–Kier alpha value is -1.37. The third-order valence-corrected chi connectivity index (χ3v) is 3.13. The van der Waals surface area contributed by atoms with Gasteiger partial charge in [0, 0.05) is 18.8 Å². The average Bonchev–Trinajstić information content (AvgIpc) is 2.91. The minimum absolute atomic E-state index is 0. The van der Waals surface area contributed by atoms with Gasteiger partial charge >= 0.3 is 0 Å². The maximum Gasteiger partial charge on any atom is 0.238 e. The molecule has 1 aliphatic rings. The molecular formula is C14H21ClFN3O2. The average molecular weight is 318 g/mol. The lowest BCUT2D eigenvalue weighted by Gasteiger charge is -2.13. The Morgan fingerprint density at radius 1 is 1.48 bits per heavy atom. The zero-order valence-electron chi connectivity index (χ0n) is 11.9. The van der Waals surface area contributed by atoms with Crippen molar-refractivity contribution < 1.29 is 13.9 Å². The molecule has 3 N–H and O–H groups in total. The van der Waals surface area contributed by atoms with E-state index in [2.05, 4.69) is 16.0 Å². The molecule has 1 atom stereocenters. The van der Waals surface area contributed by atoms with Crippen LogP contribution < -0.4 is 16.0 Å². The maximum absolute atomic E-state index is 13.9. The standard InChI is InChI=1S/C14H20FN3O2.ClH/c1-16-9-14(19)18-10-4-5-13(12(15)7-10)17-8-11-3-2-6-20-11;/h4-5,7,11,16-17H,2-3,6,8-9H2,1H3,(H,18,19);1H. The van der Waals surface area contributed by atoms with Crippen LogP contribution in [0.1, 0.15) is 12.8 Å². The second kappa shape index (κ2) is 8.81. The van der Waals surface area contributed by atoms with E-state index in [0.717, 1.165) is 19.4 Å². The summed E-state index contributed by atoms with van der Waals surface area (Å²) < 4.78 is 19.4. The van der Waals surface area contributed by atoms with E-state index < -0.39 is 0 Å². The van der Waals surface area contributed by atoms with E-state index in [-0.39, 0.29) is 36.8 Å². The summed E-state index contributed by atoms with van der Waals surface area (Å²) in [7, 11) is 1.68. The summed E-state index contributed by atoms with van der Waals surface area (Å²) in [6.45, 7) is 1.58. The summed E-state index contributed by atoms with van der Waals surface area (Å²) in [4.78, 5) is 11.4. The molecule has 0 aromatic heterocycles. The molecule has 0 spiro atoms. The van der Waals surface area contributed by atoms with Gasteiger partial charge in [0.25, 0.3) is 0 Å². The number of carbonyl (C=O) groups is 1. The van der Waals surface area contributed by atoms with E-state index in [9.17, 15) is 9.18 Å². The van der Waals surface area contributed by atoms with Gasteiger partial charge in [-0.15, -0.1) is 12.4 Å². The fraction of sp³-hybridized carbons (Fsp3) is 0.500. The predicted molar refractivity (Wildman–Crippen MR) is 83.7 cm³/mol. The lowest BCUT2D eigenvalue weighted by Crippen LogP contribution is -2.25. The van der Waals surface area contributed by atoms with Gasteiger partial charge in [-0.2, -0.15) is 0 Å². The number of likely N-dealkylation sites (N-methyl/N-ethyl adjacent to an activating group) is 1. The molecule has 0 radical (unpaired) electrons. The lowest BCUT2D eigenvalue weighted by molar-refractivity contribution is -0.115. The first-order chi connectivity index (χ1) is 9.69. The smallest absolute Gasteiger partial charge is 0.238 e. The fourth-order valence-corrected chi connectivity index (χ4v) is 2.13. The van der Waals surface area contributed by atoms with Crippen molar-refractivity contribution in [2.45, 2.75) is 18.9 Å². The molecule has 1 aromatic rings. The lowest BCUT2D eigenvalue weighted by atomic mass is 10.2. The Morgan fingerprint density at radius 3 is 2.90 bits per heavy atom. The van der Waals surface area contributed by atoms with Gasteiger partial charge in [-0.05, 0) is 38.1 Å². The highest BCUT2D eigenvalue weighted by molar-refractivity contribution is 5.92. The van der Waals surface area contributed by atoms with Crippen molar-refractivity contribution in [3.63, 3.8) is 0 Å². The highest BCUT2D eigenvalue weighted by Gasteiger charge is 2.15. The third kappa shape index (κ3) is 5.49. The molecule has 1 amide bonds. The number of carbonyl (C=O) groups excluding carboxylic acids is 1. The molecule has 118 valence electrons. The molecular weight excluding hydrogens is 297 g/mol. The van der Waals surface area contributed by atoms with Crippen LogP contribution in [0.3, 0.4) is 0 Å². The zero-order chi connectivity index (χ0) is 14.4. The normalized spacial score (nSPS) is 17.1. The summed E-state index contributed by atoms with van der Waals surface area (Å²) in [5, 5.41) is 8.38. The minimum Gasteiger partial charge on any atom is -0.380 e. The molecule has 1 fully saturated rings. The number of ether oxygens (including phenoxy) is 1. The van der Waals surface area contributed by atoms with Gasteiger partial charge < -0.3 is 20.7 Å². The van der Waals surface area contributed by atoms with Gasteiger partial charge in [0.15, 0.2) is 0 Å². The maximum atomic E-state index is 13.9. The number of anilines is 2. The van der Waals surface area contributed by atoms with Crippen molar-refractivity contribution in [3.8, 4) is 0 Å². The first kappa shape index (κ1) is 17.7. The monoisotopic (exact) mass is 317 g/mol. The summed E-state index contributed by atoms with van der Waals surface area (Å²) in [6.07, 6.45) is 2.22. The summed E-state index contributed by atoms with van der Waals surface area (Å²) in [5.74, 6) is -0.586. The first-order valence-electron chi connectivity index (χ1n) is 6.78. The molecule has 5 nitrogen and oxygen atoms in total. The van der Waals surface area contributed by atoms with Crippen LogP contribution in [0.4, 0.5) is 15.8 Å². The van der Waals surface area contributed by atoms with E-state index in [1.54, 1.807) is 19.2 Å². The van der Waals surface area contributed by atoms with Crippen molar-refractivity contribution in [2.24, 2.45) is 0 Å². The molecule has 0 aliphatic carbocycles. The van der Waals surface area contributed by atoms with Crippen LogP contribution in [0, 0.1) is 5.82 Å². The number of nitrogens with one attached hydrogen (secondary N) is 3. The Kier molecular flexibility index (Phi) is 7.42. The summed E-state index contributed by atoms with van der Waals surface area (Å²) in [6, 6.07) is 4.61. The number of hydrogen-bond acceptors (Lipinski definition) is 4. The van der Waals surface area contributed by atoms with Gasteiger partial charge in [-0.25, -0.2) is 4.39 Å². The van der Waals surface area contributed by atoms with Crippen molar-refractivity contribution in [1.82, 2.24) is 5.32 Å². The SMILES string of the molecule is CNCC(=O)Nc1ccc(NCC2CCCO2)c(F)c1.Cl. The minimum atomic E-state index is -0.384.